The molecule has 3 nitrogen and oxygen atoms in total. The molecule has 1 unspecified atom stereocenters. The summed E-state index contributed by atoms with van der Waals surface area (Å²) in [4.78, 5) is 10.3. The molecule has 0 amide bonds. The van der Waals surface area contributed by atoms with Crippen molar-refractivity contribution in [2.45, 2.75) is 12.3 Å². The molecule has 1 aliphatic rings. The van der Waals surface area contributed by atoms with Crippen LogP contribution < -0.4 is 0 Å². The van der Waals surface area contributed by atoms with Crippen molar-refractivity contribution in [2.75, 3.05) is 0 Å². The van der Waals surface area contributed by atoms with Gasteiger partial charge in [0.05, 0.1) is 11.4 Å². The summed E-state index contributed by atoms with van der Waals surface area (Å²) in [5.41, 5.74) is 17.5. The van der Waals surface area contributed by atoms with E-state index in [1.54, 1.807) is 0 Å². The number of hydrogen-bond acceptors (Lipinski definition) is 3. The molecule has 0 aliphatic heterocycles. The predicted octanol–water partition coefficient (Wildman–Crippen LogP) is 14.0. The zero-order valence-corrected chi connectivity index (χ0v) is 31.4. The van der Waals surface area contributed by atoms with Gasteiger partial charge in [0.1, 0.15) is 11.2 Å². The fourth-order valence-corrected chi connectivity index (χ4v) is 8.91. The normalized spacial score (nSPS) is 14.5. The number of hydrogen-bond donors (Lipinski definition) is 0. The molecule has 8 aromatic carbocycles. The van der Waals surface area contributed by atoms with Crippen LogP contribution in [0.15, 0.2) is 205 Å². The molecule has 0 saturated heterocycles. The SMILES string of the molecule is CC1(c2ccccc2)c2ccccc2-c2c(-c3cccc(-c4cc(-c5ccc(-c6ccc7c(c6)oc6ccccc67)cc5)nc(-c5ccccc5)n4)c3)cccc21. The van der Waals surface area contributed by atoms with Crippen LogP contribution in [0.4, 0.5) is 0 Å². The Labute approximate surface area is 331 Å². The lowest BCUT2D eigenvalue weighted by atomic mass is 9.74. The Morgan fingerprint density at radius 2 is 0.982 bits per heavy atom. The van der Waals surface area contributed by atoms with Crippen LogP contribution in [0.2, 0.25) is 0 Å². The zero-order chi connectivity index (χ0) is 37.9. The zero-order valence-electron chi connectivity index (χ0n) is 31.4. The molecule has 2 heterocycles. The van der Waals surface area contributed by atoms with Gasteiger partial charge in [-0.2, -0.15) is 0 Å². The average molecular weight is 729 g/mol. The number of benzene rings is 8. The molecule has 0 N–H and O–H groups in total. The molecule has 10 aromatic rings. The largest absolute Gasteiger partial charge is 0.456 e. The van der Waals surface area contributed by atoms with Crippen molar-refractivity contribution < 1.29 is 4.42 Å². The molecule has 0 bridgehead atoms. The van der Waals surface area contributed by atoms with E-state index in [2.05, 4.69) is 177 Å². The van der Waals surface area contributed by atoms with Crippen molar-refractivity contribution in [1.82, 2.24) is 9.97 Å². The van der Waals surface area contributed by atoms with E-state index in [0.717, 1.165) is 66.7 Å². The number of nitrogens with zero attached hydrogens (tertiary/aromatic N) is 2. The third-order valence-electron chi connectivity index (χ3n) is 11.8. The van der Waals surface area contributed by atoms with Crippen LogP contribution in [-0.4, -0.2) is 9.97 Å². The summed E-state index contributed by atoms with van der Waals surface area (Å²) in [6, 6.07) is 71.1. The maximum Gasteiger partial charge on any atom is 0.160 e. The average Bonchev–Trinajstić information content (AvgIpc) is 3.80. The summed E-state index contributed by atoms with van der Waals surface area (Å²) >= 11 is 0. The van der Waals surface area contributed by atoms with Crippen molar-refractivity contribution in [3.8, 4) is 67.3 Å². The van der Waals surface area contributed by atoms with Crippen LogP contribution in [0.5, 0.6) is 0 Å². The molecule has 1 atom stereocenters. The van der Waals surface area contributed by atoms with Gasteiger partial charge in [0.2, 0.25) is 0 Å². The molecule has 2 aromatic heterocycles. The fourth-order valence-electron chi connectivity index (χ4n) is 8.91. The summed E-state index contributed by atoms with van der Waals surface area (Å²) in [6.07, 6.45) is 0. The summed E-state index contributed by atoms with van der Waals surface area (Å²) in [7, 11) is 0. The molecular weight excluding hydrogens is 693 g/mol. The highest BCUT2D eigenvalue weighted by Gasteiger charge is 2.41. The van der Waals surface area contributed by atoms with Crippen molar-refractivity contribution in [3.63, 3.8) is 0 Å². The lowest BCUT2D eigenvalue weighted by Gasteiger charge is -2.28. The second-order valence-corrected chi connectivity index (χ2v) is 15.1. The smallest absolute Gasteiger partial charge is 0.160 e. The Morgan fingerprint density at radius 1 is 0.386 bits per heavy atom. The monoisotopic (exact) mass is 728 g/mol. The van der Waals surface area contributed by atoms with Gasteiger partial charge in [0.25, 0.3) is 0 Å². The maximum absolute atomic E-state index is 6.20. The van der Waals surface area contributed by atoms with E-state index >= 15 is 0 Å². The van der Waals surface area contributed by atoms with Crippen molar-refractivity contribution in [2.24, 2.45) is 0 Å². The summed E-state index contributed by atoms with van der Waals surface area (Å²) in [5.74, 6) is 0.695. The summed E-state index contributed by atoms with van der Waals surface area (Å²) in [5, 5.41) is 2.27. The standard InChI is InChI=1S/C54H36N2O/c1-54(41-18-6-3-7-19-41)46-23-10-8-21-45(46)52-42(22-13-24-47(52)54)39-16-12-17-40(32-39)49-34-48(55-53(56-49)37-14-4-2-5-15-37)36-28-26-35(27-29-36)38-30-31-44-43-20-9-11-25-50(43)57-51(44)33-38/h2-34H,1H3. The Kier molecular flexibility index (Phi) is 7.61. The van der Waals surface area contributed by atoms with Gasteiger partial charge in [-0.3, -0.25) is 0 Å². The molecule has 3 heteroatoms. The van der Waals surface area contributed by atoms with E-state index in [1.807, 2.05) is 30.3 Å². The van der Waals surface area contributed by atoms with Gasteiger partial charge >= 0.3 is 0 Å². The lowest BCUT2D eigenvalue weighted by molar-refractivity contribution is 0.669. The van der Waals surface area contributed by atoms with Crippen LogP contribution in [0, 0.1) is 0 Å². The van der Waals surface area contributed by atoms with E-state index < -0.39 is 0 Å². The maximum atomic E-state index is 6.20. The Bertz CT molecular complexity index is 3130. The van der Waals surface area contributed by atoms with Crippen molar-refractivity contribution in [1.29, 1.82) is 0 Å². The summed E-state index contributed by atoms with van der Waals surface area (Å²) < 4.78 is 6.20. The van der Waals surface area contributed by atoms with Gasteiger partial charge in [-0.15, -0.1) is 0 Å². The van der Waals surface area contributed by atoms with Crippen LogP contribution in [0.3, 0.4) is 0 Å². The Balaban J connectivity index is 1.00. The number of furan rings is 1. The van der Waals surface area contributed by atoms with Crippen LogP contribution in [-0.2, 0) is 5.41 Å². The van der Waals surface area contributed by atoms with E-state index in [0.29, 0.717) is 5.82 Å². The predicted molar refractivity (Wildman–Crippen MR) is 234 cm³/mol. The quantitative estimate of drug-likeness (QED) is 0.171. The van der Waals surface area contributed by atoms with E-state index in [1.165, 1.54) is 33.4 Å². The third kappa shape index (κ3) is 5.43. The van der Waals surface area contributed by atoms with Crippen molar-refractivity contribution in [3.05, 3.63) is 217 Å². The van der Waals surface area contributed by atoms with Crippen molar-refractivity contribution >= 4 is 21.9 Å². The number of aromatic nitrogens is 2. The van der Waals surface area contributed by atoms with Gasteiger partial charge in [-0.25, -0.2) is 9.97 Å². The Hall–Kier alpha value is -7.36. The first-order valence-corrected chi connectivity index (χ1v) is 19.5. The molecule has 1 aliphatic carbocycles. The second kappa shape index (κ2) is 13.1. The molecular formula is C54H36N2O. The molecule has 0 spiro atoms. The van der Waals surface area contributed by atoms with E-state index in [9.17, 15) is 0 Å². The number of para-hydroxylation sites is 1. The van der Waals surface area contributed by atoms with Gasteiger partial charge in [-0.1, -0.05) is 170 Å². The minimum Gasteiger partial charge on any atom is -0.456 e. The minimum atomic E-state index is -0.261. The first-order valence-electron chi connectivity index (χ1n) is 19.5. The van der Waals surface area contributed by atoms with Crippen LogP contribution >= 0.6 is 0 Å². The van der Waals surface area contributed by atoms with E-state index in [4.69, 9.17) is 14.4 Å². The highest BCUT2D eigenvalue weighted by Crippen LogP contribution is 2.55. The second-order valence-electron chi connectivity index (χ2n) is 15.1. The molecule has 57 heavy (non-hydrogen) atoms. The number of rotatable bonds is 6. The van der Waals surface area contributed by atoms with Gasteiger partial charge in [0.15, 0.2) is 5.82 Å². The first kappa shape index (κ1) is 33.0. The molecule has 0 fully saturated rings. The molecule has 0 saturated carbocycles. The Morgan fingerprint density at radius 3 is 1.82 bits per heavy atom. The topological polar surface area (TPSA) is 38.9 Å². The molecule has 0 radical (unpaired) electrons. The van der Waals surface area contributed by atoms with E-state index in [-0.39, 0.29) is 5.41 Å². The van der Waals surface area contributed by atoms with Gasteiger partial charge in [0, 0.05) is 32.9 Å². The number of fused-ring (bicyclic) bond motifs is 6. The van der Waals surface area contributed by atoms with Gasteiger partial charge in [-0.05, 0) is 87.3 Å². The highest BCUT2D eigenvalue weighted by molar-refractivity contribution is 6.06. The van der Waals surface area contributed by atoms with Gasteiger partial charge < -0.3 is 4.42 Å². The molecule has 268 valence electrons. The third-order valence-corrected chi connectivity index (χ3v) is 11.8. The van der Waals surface area contributed by atoms with Crippen LogP contribution in [0.25, 0.3) is 89.2 Å². The first-order chi connectivity index (χ1) is 28.1. The highest BCUT2D eigenvalue weighted by atomic mass is 16.3. The molecule has 11 rings (SSSR count). The van der Waals surface area contributed by atoms with Crippen LogP contribution in [0.1, 0.15) is 23.6 Å². The summed E-state index contributed by atoms with van der Waals surface area (Å²) in [6.45, 7) is 2.37. The minimum absolute atomic E-state index is 0.261. The lowest BCUT2D eigenvalue weighted by Crippen LogP contribution is -2.22. The fraction of sp³-hybridized carbons (Fsp3) is 0.0370.